The van der Waals surface area contributed by atoms with Crippen LogP contribution in [0.5, 0.6) is 11.5 Å². The highest BCUT2D eigenvalue weighted by Crippen LogP contribution is 2.40. The predicted octanol–water partition coefficient (Wildman–Crippen LogP) is 2.73. The first kappa shape index (κ1) is 32.6. The van der Waals surface area contributed by atoms with Gasteiger partial charge in [-0.3, -0.25) is 4.55 Å². The van der Waals surface area contributed by atoms with Gasteiger partial charge < -0.3 is 19.8 Å². The van der Waals surface area contributed by atoms with Crippen LogP contribution in [0.25, 0.3) is 12.2 Å². The number of rotatable bonds is 14. The van der Waals surface area contributed by atoms with Crippen molar-refractivity contribution in [2.75, 3.05) is 31.2 Å². The number of hydrogen-bond donors (Lipinski definition) is 4. The molecule has 232 valence electrons. The maximum atomic E-state index is 13.4. The van der Waals surface area contributed by atoms with Crippen LogP contribution < -0.4 is 24.8 Å². The summed E-state index contributed by atoms with van der Waals surface area (Å²) in [6.07, 6.45) is 1.35. The Morgan fingerprint density at radius 3 is 2.12 bits per heavy atom. The molecule has 3 aromatic rings. The zero-order chi connectivity index (χ0) is 31.4. The molecule has 0 fully saturated rings. The molecule has 12 heteroatoms. The molecular weight excluding hydrogens is 592 g/mol. The van der Waals surface area contributed by atoms with E-state index in [1.54, 1.807) is 18.2 Å². The van der Waals surface area contributed by atoms with Crippen molar-refractivity contribution in [1.29, 1.82) is 0 Å². The molecule has 0 bridgehead atoms. The lowest BCUT2D eigenvalue weighted by Crippen LogP contribution is -2.35. The zero-order valence-electron chi connectivity index (χ0n) is 24.3. The molecule has 0 saturated carbocycles. The Bertz CT molecular complexity index is 1800. The van der Waals surface area contributed by atoms with Gasteiger partial charge in [0.25, 0.3) is 10.1 Å². The Hall–Kier alpha value is -3.26. The molecule has 0 aromatic heterocycles. The van der Waals surface area contributed by atoms with E-state index < -0.39 is 31.1 Å². The van der Waals surface area contributed by atoms with Crippen LogP contribution in [0.2, 0.25) is 0 Å². The minimum absolute atomic E-state index is 0.108. The second kappa shape index (κ2) is 13.6. The van der Waals surface area contributed by atoms with Gasteiger partial charge in [0.1, 0.15) is 16.4 Å². The average molecular weight is 631 g/mol. The number of aliphatic hydroxyl groups is 2. The van der Waals surface area contributed by atoms with E-state index in [0.717, 1.165) is 24.8 Å². The Labute approximate surface area is 252 Å². The van der Waals surface area contributed by atoms with Crippen LogP contribution in [-0.2, 0) is 20.1 Å². The van der Waals surface area contributed by atoms with Crippen molar-refractivity contribution >= 4 is 38.0 Å². The third-order valence-electron chi connectivity index (χ3n) is 7.45. The van der Waals surface area contributed by atoms with Crippen molar-refractivity contribution in [2.45, 2.75) is 55.4 Å². The molecule has 4 N–H and O–H groups in total. The van der Waals surface area contributed by atoms with E-state index in [0.29, 0.717) is 58.8 Å². The summed E-state index contributed by atoms with van der Waals surface area (Å²) in [5.41, 5.74) is 2.05. The van der Waals surface area contributed by atoms with E-state index in [-0.39, 0.29) is 23.7 Å². The van der Waals surface area contributed by atoms with Crippen LogP contribution >= 0.6 is 0 Å². The summed E-state index contributed by atoms with van der Waals surface area (Å²) >= 11 is 0. The molecule has 43 heavy (non-hydrogen) atoms. The predicted molar refractivity (Wildman–Crippen MR) is 166 cm³/mol. The molecule has 0 spiro atoms. The molecule has 1 aliphatic rings. The van der Waals surface area contributed by atoms with Crippen LogP contribution in [0, 0.1) is 0 Å². The van der Waals surface area contributed by atoms with E-state index in [1.807, 2.05) is 32.0 Å². The van der Waals surface area contributed by atoms with Crippen LogP contribution in [-0.4, -0.2) is 63.9 Å². The second-order valence-electron chi connectivity index (χ2n) is 10.3. The van der Waals surface area contributed by atoms with Gasteiger partial charge in [0.05, 0.1) is 4.90 Å². The van der Waals surface area contributed by atoms with Crippen molar-refractivity contribution in [3.8, 4) is 11.5 Å². The maximum Gasteiger partial charge on any atom is 0.295 e. The van der Waals surface area contributed by atoms with Gasteiger partial charge in [0.15, 0.2) is 0 Å². The topological polar surface area (TPSA) is 153 Å². The number of sulfonamides is 1. The number of nitrogens with zero attached hydrogens (tertiary/aromatic N) is 1. The van der Waals surface area contributed by atoms with Crippen LogP contribution in [0.3, 0.4) is 0 Å². The fourth-order valence-corrected chi connectivity index (χ4v) is 7.44. The molecule has 0 amide bonds. The molecule has 4 rings (SSSR count). The Morgan fingerprint density at radius 2 is 1.51 bits per heavy atom. The third kappa shape index (κ3) is 7.28. The number of aliphatic hydroxyl groups excluding tert-OH is 2. The highest BCUT2D eigenvalue weighted by molar-refractivity contribution is 7.89. The number of nitrogens with one attached hydrogen (secondary N) is 1. The number of fused-ring (bicyclic) bond motifs is 2. The lowest BCUT2D eigenvalue weighted by atomic mass is 9.92. The lowest BCUT2D eigenvalue weighted by molar-refractivity contribution is 0.261. The van der Waals surface area contributed by atoms with Gasteiger partial charge in [-0.2, -0.15) is 8.42 Å². The Balaban J connectivity index is 1.91. The number of ether oxygens (including phenoxy) is 1. The van der Waals surface area contributed by atoms with Gasteiger partial charge >= 0.3 is 0 Å². The number of hydrogen-bond acceptors (Lipinski definition) is 8. The molecule has 0 saturated heterocycles. The van der Waals surface area contributed by atoms with E-state index in [2.05, 4.69) is 16.2 Å². The smallest absolute Gasteiger partial charge is 0.295 e. The van der Waals surface area contributed by atoms with Crippen molar-refractivity contribution < 1.29 is 36.3 Å². The van der Waals surface area contributed by atoms with E-state index >= 15 is 0 Å². The normalized spacial score (nSPS) is 13.0. The molecule has 10 nitrogen and oxygen atoms in total. The van der Waals surface area contributed by atoms with Crippen LogP contribution in [0.4, 0.5) is 5.69 Å². The number of anilines is 1. The standard InChI is InChI=1S/C31H38N2O8S2/c1-4-33(5-2)23-11-14-26-29(19-23)41-28-18-21(3)10-13-25(28)31(26)27-15-12-24(20-30(27)43(38,39)40)42(36,37)32-22(8-6-16-34)9-7-17-35/h10-15,18-20,22,32,34-35H,3-9,16-17H2,1-2H3,(H,38,39,40). The van der Waals surface area contributed by atoms with Crippen molar-refractivity contribution in [2.24, 2.45) is 0 Å². The first-order valence-corrected chi connectivity index (χ1v) is 17.1. The van der Waals surface area contributed by atoms with Gasteiger partial charge in [-0.05, 0) is 75.1 Å². The van der Waals surface area contributed by atoms with Crippen LogP contribution in [0.15, 0.2) is 64.4 Å². The highest BCUT2D eigenvalue weighted by atomic mass is 32.2. The molecule has 0 radical (unpaired) electrons. The molecule has 0 atom stereocenters. The van der Waals surface area contributed by atoms with Gasteiger partial charge in [-0.15, -0.1) is 0 Å². The summed E-state index contributed by atoms with van der Waals surface area (Å²) in [5, 5.41) is 19.7. The van der Waals surface area contributed by atoms with Gasteiger partial charge in [0, 0.05) is 66.0 Å². The molecular formula is C31H38N2O8S2. The third-order valence-corrected chi connectivity index (χ3v) is 9.86. The fraction of sp³-hybridized carbons (Fsp3) is 0.355. The summed E-state index contributed by atoms with van der Waals surface area (Å²) in [6.45, 7) is 9.33. The quantitative estimate of drug-likeness (QED) is 0.154. The molecule has 0 aliphatic carbocycles. The summed E-state index contributed by atoms with van der Waals surface area (Å²) in [4.78, 5) is 1.22. The minimum atomic E-state index is -4.91. The average Bonchev–Trinajstić information content (AvgIpc) is 2.97. The van der Waals surface area contributed by atoms with Gasteiger partial charge in [0.2, 0.25) is 10.0 Å². The highest BCUT2D eigenvalue weighted by Gasteiger charge is 2.29. The molecule has 0 unspecified atom stereocenters. The summed E-state index contributed by atoms with van der Waals surface area (Å²) in [6, 6.07) is 13.9. The Kier molecular flexibility index (Phi) is 10.3. The van der Waals surface area contributed by atoms with Crippen LogP contribution in [0.1, 0.15) is 50.7 Å². The fourth-order valence-electron chi connectivity index (χ4n) is 5.31. The molecule has 1 aliphatic heterocycles. The molecule has 1 heterocycles. The van der Waals surface area contributed by atoms with Crippen molar-refractivity contribution in [3.63, 3.8) is 0 Å². The van der Waals surface area contributed by atoms with Gasteiger partial charge in [-0.25, -0.2) is 13.1 Å². The van der Waals surface area contributed by atoms with Gasteiger partial charge in [-0.1, -0.05) is 24.8 Å². The first-order chi connectivity index (χ1) is 20.4. The second-order valence-corrected chi connectivity index (χ2v) is 13.4. The maximum absolute atomic E-state index is 13.4. The van der Waals surface area contributed by atoms with E-state index in [4.69, 9.17) is 4.74 Å². The van der Waals surface area contributed by atoms with E-state index in [9.17, 15) is 31.6 Å². The SMILES string of the molecule is C=c1ccc2c(c1)Oc1cc(N(CC)CC)ccc1C=2c1ccc(S(=O)(=O)NC(CCCO)CCCO)cc1S(=O)(=O)O. The summed E-state index contributed by atoms with van der Waals surface area (Å²) in [7, 11) is -9.14. The largest absolute Gasteiger partial charge is 0.456 e. The Morgan fingerprint density at radius 1 is 0.860 bits per heavy atom. The number of benzene rings is 3. The molecule has 3 aromatic carbocycles. The monoisotopic (exact) mass is 630 g/mol. The first-order valence-electron chi connectivity index (χ1n) is 14.2. The van der Waals surface area contributed by atoms with Crippen molar-refractivity contribution in [3.05, 3.63) is 76.2 Å². The van der Waals surface area contributed by atoms with Crippen molar-refractivity contribution in [1.82, 2.24) is 4.72 Å². The zero-order valence-corrected chi connectivity index (χ0v) is 25.9. The summed E-state index contributed by atoms with van der Waals surface area (Å²) in [5.74, 6) is 0.926. The summed E-state index contributed by atoms with van der Waals surface area (Å²) < 4.78 is 71.5. The van der Waals surface area contributed by atoms with E-state index in [1.165, 1.54) is 12.1 Å². The minimum Gasteiger partial charge on any atom is -0.456 e. The lowest BCUT2D eigenvalue weighted by Gasteiger charge is -2.26.